The van der Waals surface area contributed by atoms with E-state index < -0.39 is 0 Å². The van der Waals surface area contributed by atoms with E-state index in [4.69, 9.17) is 4.52 Å². The highest BCUT2D eigenvalue weighted by atomic mass is 19.1. The fraction of sp³-hybridized carbons (Fsp3) is 0.550. The van der Waals surface area contributed by atoms with Crippen LogP contribution < -0.4 is 0 Å². The molecule has 0 spiro atoms. The van der Waals surface area contributed by atoms with E-state index in [1.807, 2.05) is 4.90 Å². The number of hydrogen-bond donors (Lipinski definition) is 0. The molecule has 1 amide bonds. The second kappa shape index (κ2) is 10.7. The molecule has 0 radical (unpaired) electrons. The Bertz CT molecular complexity index is 670. The minimum absolute atomic E-state index is 0.0562. The first-order chi connectivity index (χ1) is 12.6. The van der Waals surface area contributed by atoms with Gasteiger partial charge in [-0.05, 0) is 30.5 Å². The van der Waals surface area contributed by atoms with E-state index in [0.717, 1.165) is 37.7 Å². The maximum Gasteiger partial charge on any atom is 0.227 e. The number of aromatic nitrogens is 2. The minimum Gasteiger partial charge on any atom is -0.339 e. The van der Waals surface area contributed by atoms with Crippen molar-refractivity contribution in [3.8, 4) is 0 Å². The number of hydrogen-bond acceptors (Lipinski definition) is 4. The summed E-state index contributed by atoms with van der Waals surface area (Å²) in [5.41, 5.74) is 0.930. The Kier molecular flexibility index (Phi) is 8.25. The maximum absolute atomic E-state index is 13.1. The zero-order valence-electron chi connectivity index (χ0n) is 15.7. The predicted octanol–water partition coefficient (Wildman–Crippen LogP) is 4.31. The second-order valence-electron chi connectivity index (χ2n) is 6.50. The van der Waals surface area contributed by atoms with Crippen LogP contribution in [0.5, 0.6) is 0 Å². The lowest BCUT2D eigenvalue weighted by molar-refractivity contribution is -0.132. The normalized spacial score (nSPS) is 10.9. The van der Waals surface area contributed by atoms with Crippen molar-refractivity contribution in [2.45, 2.75) is 65.3 Å². The van der Waals surface area contributed by atoms with E-state index in [9.17, 15) is 9.18 Å². The molecule has 26 heavy (non-hydrogen) atoms. The molecule has 0 fully saturated rings. The first-order valence-corrected chi connectivity index (χ1v) is 9.46. The summed E-state index contributed by atoms with van der Waals surface area (Å²) in [5.74, 6) is 0.996. The molecule has 0 saturated heterocycles. The number of benzene rings is 1. The molecule has 6 heteroatoms. The van der Waals surface area contributed by atoms with Crippen molar-refractivity contribution < 1.29 is 13.7 Å². The summed E-state index contributed by atoms with van der Waals surface area (Å²) < 4.78 is 18.3. The molecule has 0 aliphatic rings. The van der Waals surface area contributed by atoms with Crippen molar-refractivity contribution in [3.05, 3.63) is 47.4 Å². The number of rotatable bonds is 11. The molecule has 0 bridgehead atoms. The van der Waals surface area contributed by atoms with Gasteiger partial charge in [0.2, 0.25) is 11.8 Å². The van der Waals surface area contributed by atoms with Gasteiger partial charge in [-0.2, -0.15) is 4.98 Å². The molecule has 0 N–H and O–H groups in total. The average Bonchev–Trinajstić information content (AvgIpc) is 3.08. The molecule has 0 aliphatic carbocycles. The molecule has 0 aliphatic heterocycles. The summed E-state index contributed by atoms with van der Waals surface area (Å²) in [6, 6.07) is 6.31. The lowest BCUT2D eigenvalue weighted by Crippen LogP contribution is -2.31. The van der Waals surface area contributed by atoms with Gasteiger partial charge in [-0.15, -0.1) is 0 Å². The standard InChI is InChI=1S/C20H28FN3O2/c1-3-5-6-14-24(15-16-8-10-17(21)11-9-16)20(25)13-12-19-22-18(7-4-2)23-26-19/h8-11H,3-7,12-15H2,1-2H3. The number of carbonyl (C=O) groups is 1. The number of carbonyl (C=O) groups excluding carboxylic acids is 1. The Labute approximate surface area is 154 Å². The highest BCUT2D eigenvalue weighted by Crippen LogP contribution is 2.12. The van der Waals surface area contributed by atoms with E-state index in [-0.39, 0.29) is 11.7 Å². The SMILES string of the molecule is CCCCCN(Cc1ccc(F)cc1)C(=O)CCc1nc(CCC)no1. The fourth-order valence-electron chi connectivity index (χ4n) is 2.74. The van der Waals surface area contributed by atoms with Crippen LogP contribution in [0.1, 0.15) is 63.2 Å². The molecule has 0 unspecified atom stereocenters. The molecular formula is C20H28FN3O2. The summed E-state index contributed by atoms with van der Waals surface area (Å²) in [6.07, 6.45) is 5.67. The Balaban J connectivity index is 1.93. The highest BCUT2D eigenvalue weighted by Gasteiger charge is 2.16. The van der Waals surface area contributed by atoms with Crippen molar-refractivity contribution in [1.29, 1.82) is 0 Å². The van der Waals surface area contributed by atoms with Gasteiger partial charge in [-0.1, -0.05) is 44.0 Å². The van der Waals surface area contributed by atoms with Crippen LogP contribution >= 0.6 is 0 Å². The third-order valence-electron chi connectivity index (χ3n) is 4.21. The van der Waals surface area contributed by atoms with E-state index in [1.165, 1.54) is 12.1 Å². The number of halogens is 1. The van der Waals surface area contributed by atoms with Gasteiger partial charge in [0.1, 0.15) is 5.82 Å². The van der Waals surface area contributed by atoms with Crippen molar-refractivity contribution in [3.63, 3.8) is 0 Å². The zero-order valence-corrected chi connectivity index (χ0v) is 15.7. The first-order valence-electron chi connectivity index (χ1n) is 9.46. The van der Waals surface area contributed by atoms with Gasteiger partial charge in [0, 0.05) is 32.4 Å². The number of aryl methyl sites for hydroxylation is 2. The molecule has 1 aromatic heterocycles. The van der Waals surface area contributed by atoms with Gasteiger partial charge in [-0.25, -0.2) is 4.39 Å². The molecular weight excluding hydrogens is 333 g/mol. The quantitative estimate of drug-likeness (QED) is 0.560. The molecule has 2 aromatic rings. The van der Waals surface area contributed by atoms with Crippen molar-refractivity contribution in [1.82, 2.24) is 15.0 Å². The summed E-state index contributed by atoms with van der Waals surface area (Å²) >= 11 is 0. The van der Waals surface area contributed by atoms with E-state index in [1.54, 1.807) is 12.1 Å². The third kappa shape index (κ3) is 6.58. The zero-order chi connectivity index (χ0) is 18.8. The topological polar surface area (TPSA) is 59.2 Å². The molecule has 5 nitrogen and oxygen atoms in total. The first kappa shape index (κ1) is 20.1. The minimum atomic E-state index is -0.267. The van der Waals surface area contributed by atoms with Gasteiger partial charge in [-0.3, -0.25) is 4.79 Å². The number of amides is 1. The van der Waals surface area contributed by atoms with E-state index in [2.05, 4.69) is 24.0 Å². The van der Waals surface area contributed by atoms with Gasteiger partial charge >= 0.3 is 0 Å². The van der Waals surface area contributed by atoms with E-state index in [0.29, 0.717) is 37.6 Å². The summed E-state index contributed by atoms with van der Waals surface area (Å²) in [5, 5.41) is 3.92. The largest absolute Gasteiger partial charge is 0.339 e. The number of unbranched alkanes of at least 4 members (excludes halogenated alkanes) is 2. The predicted molar refractivity (Wildman–Crippen MR) is 98.0 cm³/mol. The fourth-order valence-corrected chi connectivity index (χ4v) is 2.74. The molecule has 1 aromatic carbocycles. The summed E-state index contributed by atoms with van der Waals surface area (Å²) in [6.45, 7) is 5.39. The lowest BCUT2D eigenvalue weighted by Gasteiger charge is -2.23. The van der Waals surface area contributed by atoms with Crippen molar-refractivity contribution in [2.24, 2.45) is 0 Å². The molecule has 142 valence electrons. The van der Waals surface area contributed by atoms with Crippen LogP contribution in [0, 0.1) is 5.82 Å². The lowest BCUT2D eigenvalue weighted by atomic mass is 10.1. The molecule has 1 heterocycles. The smallest absolute Gasteiger partial charge is 0.227 e. The van der Waals surface area contributed by atoms with Crippen LogP contribution in [0.2, 0.25) is 0 Å². The van der Waals surface area contributed by atoms with Crippen LogP contribution in [0.4, 0.5) is 4.39 Å². The van der Waals surface area contributed by atoms with Gasteiger partial charge in [0.25, 0.3) is 0 Å². The van der Waals surface area contributed by atoms with Gasteiger partial charge in [0.05, 0.1) is 0 Å². The molecule has 0 atom stereocenters. The van der Waals surface area contributed by atoms with Crippen LogP contribution in [-0.2, 0) is 24.2 Å². The summed E-state index contributed by atoms with van der Waals surface area (Å²) in [7, 11) is 0. The Morgan fingerprint density at radius 2 is 1.88 bits per heavy atom. The van der Waals surface area contributed by atoms with Crippen molar-refractivity contribution in [2.75, 3.05) is 6.54 Å². The summed E-state index contributed by atoms with van der Waals surface area (Å²) in [4.78, 5) is 18.8. The van der Waals surface area contributed by atoms with Crippen LogP contribution in [-0.4, -0.2) is 27.5 Å². The highest BCUT2D eigenvalue weighted by molar-refractivity contribution is 5.76. The Morgan fingerprint density at radius 1 is 1.12 bits per heavy atom. The van der Waals surface area contributed by atoms with Crippen molar-refractivity contribution >= 4 is 5.91 Å². The third-order valence-corrected chi connectivity index (χ3v) is 4.21. The van der Waals surface area contributed by atoms with Crippen LogP contribution in [0.3, 0.4) is 0 Å². The Hall–Kier alpha value is -2.24. The number of nitrogens with zero attached hydrogens (tertiary/aromatic N) is 3. The molecule has 0 saturated carbocycles. The Morgan fingerprint density at radius 3 is 2.58 bits per heavy atom. The van der Waals surface area contributed by atoms with E-state index >= 15 is 0 Å². The second-order valence-corrected chi connectivity index (χ2v) is 6.50. The molecule has 2 rings (SSSR count). The average molecular weight is 361 g/mol. The van der Waals surface area contributed by atoms with Gasteiger partial charge in [0.15, 0.2) is 5.82 Å². The maximum atomic E-state index is 13.1. The van der Waals surface area contributed by atoms with Crippen LogP contribution in [0.15, 0.2) is 28.8 Å². The van der Waals surface area contributed by atoms with Crippen LogP contribution in [0.25, 0.3) is 0 Å². The van der Waals surface area contributed by atoms with Gasteiger partial charge < -0.3 is 9.42 Å². The monoisotopic (exact) mass is 361 g/mol.